The van der Waals surface area contributed by atoms with Crippen LogP contribution >= 0.6 is 0 Å². The van der Waals surface area contributed by atoms with Gasteiger partial charge in [-0.25, -0.2) is 13.8 Å². The molecule has 2 aromatic heterocycles. The molecule has 9 heteroatoms. The normalized spacial score (nSPS) is 17.1. The molecular formula is C18H15F2N5O2. The molecule has 1 atom stereocenters. The number of likely N-dealkylation sites (tertiary alicyclic amines) is 1. The third-order valence-corrected chi connectivity index (χ3v) is 4.41. The maximum atomic E-state index is 13.4. The highest BCUT2D eigenvalue weighted by Gasteiger charge is 2.29. The van der Waals surface area contributed by atoms with E-state index < -0.39 is 17.5 Å². The molecule has 0 radical (unpaired) electrons. The number of piperidine rings is 1. The second-order valence-corrected chi connectivity index (χ2v) is 6.30. The number of halogens is 2. The van der Waals surface area contributed by atoms with Crippen LogP contribution in [0.25, 0.3) is 11.6 Å². The van der Waals surface area contributed by atoms with Crippen molar-refractivity contribution >= 4 is 5.91 Å². The van der Waals surface area contributed by atoms with Crippen molar-refractivity contribution in [1.29, 1.82) is 0 Å². The number of aromatic nitrogens is 4. The fourth-order valence-electron chi connectivity index (χ4n) is 3.15. The zero-order chi connectivity index (χ0) is 18.8. The topological polar surface area (TPSA) is 85.0 Å². The number of hydrogen-bond donors (Lipinski definition) is 0. The second-order valence-electron chi connectivity index (χ2n) is 6.30. The Bertz CT molecular complexity index is 943. The number of benzene rings is 1. The summed E-state index contributed by atoms with van der Waals surface area (Å²) < 4.78 is 32.1. The van der Waals surface area contributed by atoms with Gasteiger partial charge in [0.2, 0.25) is 0 Å². The predicted molar refractivity (Wildman–Crippen MR) is 89.6 cm³/mol. The first-order valence-electron chi connectivity index (χ1n) is 8.45. The number of hydrogen-bond acceptors (Lipinski definition) is 6. The van der Waals surface area contributed by atoms with Crippen molar-refractivity contribution in [3.8, 4) is 11.6 Å². The molecule has 0 N–H and O–H groups in total. The van der Waals surface area contributed by atoms with Crippen LogP contribution in [0.15, 0.2) is 41.3 Å². The van der Waals surface area contributed by atoms with Gasteiger partial charge in [-0.3, -0.25) is 9.78 Å². The summed E-state index contributed by atoms with van der Waals surface area (Å²) in [4.78, 5) is 26.6. The molecule has 0 spiro atoms. The van der Waals surface area contributed by atoms with Gasteiger partial charge in [-0.05, 0) is 25.0 Å². The molecule has 1 amide bonds. The summed E-state index contributed by atoms with van der Waals surface area (Å²) in [6.07, 6.45) is 6.09. The quantitative estimate of drug-likeness (QED) is 0.704. The van der Waals surface area contributed by atoms with Crippen molar-refractivity contribution in [3.63, 3.8) is 0 Å². The average Bonchev–Trinajstić information content (AvgIpc) is 3.18. The molecule has 1 aliphatic heterocycles. The Morgan fingerprint density at radius 2 is 2.00 bits per heavy atom. The van der Waals surface area contributed by atoms with Gasteiger partial charge in [-0.1, -0.05) is 5.16 Å². The van der Waals surface area contributed by atoms with Gasteiger partial charge in [0.05, 0.1) is 6.20 Å². The Balaban J connectivity index is 1.51. The van der Waals surface area contributed by atoms with Crippen LogP contribution in [-0.2, 0) is 0 Å². The van der Waals surface area contributed by atoms with Crippen LogP contribution in [0.1, 0.15) is 34.9 Å². The predicted octanol–water partition coefficient (Wildman–Crippen LogP) is 2.82. The summed E-state index contributed by atoms with van der Waals surface area (Å²) in [6, 6.07) is 2.81. The fraction of sp³-hybridized carbons (Fsp3) is 0.278. The van der Waals surface area contributed by atoms with Crippen molar-refractivity contribution in [2.75, 3.05) is 13.1 Å². The zero-order valence-electron chi connectivity index (χ0n) is 14.2. The fourth-order valence-corrected chi connectivity index (χ4v) is 3.15. The maximum Gasteiger partial charge on any atom is 0.278 e. The Labute approximate surface area is 153 Å². The second kappa shape index (κ2) is 7.18. The van der Waals surface area contributed by atoms with Crippen LogP contribution in [0.3, 0.4) is 0 Å². The van der Waals surface area contributed by atoms with Gasteiger partial charge in [0.1, 0.15) is 17.3 Å². The van der Waals surface area contributed by atoms with Crippen LogP contribution in [0.4, 0.5) is 8.78 Å². The molecule has 1 saturated heterocycles. The molecule has 1 aliphatic rings. The maximum absolute atomic E-state index is 13.4. The first-order valence-corrected chi connectivity index (χ1v) is 8.45. The Morgan fingerprint density at radius 1 is 1.19 bits per heavy atom. The van der Waals surface area contributed by atoms with Crippen LogP contribution in [0, 0.1) is 11.6 Å². The van der Waals surface area contributed by atoms with E-state index >= 15 is 0 Å². The smallest absolute Gasteiger partial charge is 0.278 e. The van der Waals surface area contributed by atoms with Crippen LogP contribution in [-0.4, -0.2) is 44.0 Å². The molecule has 0 saturated carbocycles. The number of nitrogens with zero attached hydrogens (tertiary/aromatic N) is 5. The van der Waals surface area contributed by atoms with Crippen LogP contribution in [0.2, 0.25) is 0 Å². The van der Waals surface area contributed by atoms with E-state index in [1.54, 1.807) is 11.1 Å². The third kappa shape index (κ3) is 3.67. The van der Waals surface area contributed by atoms with Gasteiger partial charge in [-0.15, -0.1) is 0 Å². The van der Waals surface area contributed by atoms with Crippen LogP contribution in [0.5, 0.6) is 0 Å². The summed E-state index contributed by atoms with van der Waals surface area (Å²) in [5, 5.41) is 4.00. The molecule has 1 fully saturated rings. The molecular weight excluding hydrogens is 356 g/mol. The van der Waals surface area contributed by atoms with Gasteiger partial charge in [-0.2, -0.15) is 4.98 Å². The monoisotopic (exact) mass is 371 g/mol. The number of amides is 1. The first kappa shape index (κ1) is 17.2. The van der Waals surface area contributed by atoms with Crippen molar-refractivity contribution in [1.82, 2.24) is 25.0 Å². The van der Waals surface area contributed by atoms with E-state index in [0.717, 1.165) is 31.0 Å². The first-order chi connectivity index (χ1) is 13.1. The number of carbonyl (C=O) groups is 1. The van der Waals surface area contributed by atoms with Crippen molar-refractivity contribution in [2.45, 2.75) is 18.8 Å². The zero-order valence-corrected chi connectivity index (χ0v) is 14.2. The average molecular weight is 371 g/mol. The van der Waals surface area contributed by atoms with E-state index in [4.69, 9.17) is 4.52 Å². The van der Waals surface area contributed by atoms with Gasteiger partial charge in [0, 0.05) is 43.0 Å². The molecule has 27 heavy (non-hydrogen) atoms. The van der Waals surface area contributed by atoms with Crippen molar-refractivity contribution in [3.05, 3.63) is 59.8 Å². The summed E-state index contributed by atoms with van der Waals surface area (Å²) in [5.74, 6) is -1.38. The van der Waals surface area contributed by atoms with E-state index in [2.05, 4.69) is 20.1 Å². The van der Waals surface area contributed by atoms with E-state index in [-0.39, 0.29) is 17.4 Å². The molecule has 0 unspecified atom stereocenters. The summed E-state index contributed by atoms with van der Waals surface area (Å²) in [5.41, 5.74) is 0.455. The lowest BCUT2D eigenvalue weighted by molar-refractivity contribution is 0.0702. The van der Waals surface area contributed by atoms with Crippen molar-refractivity contribution in [2.24, 2.45) is 0 Å². The van der Waals surface area contributed by atoms with Gasteiger partial charge >= 0.3 is 0 Å². The minimum atomic E-state index is -0.779. The standard InChI is InChI=1S/C18H15F2N5O2/c19-13-6-12(7-14(20)8-13)18(26)25-5-1-2-11(10-25)16-23-17(27-24-16)15-9-21-3-4-22-15/h3-4,6-9,11H,1-2,5,10H2/t11-/m0/s1. The van der Waals surface area contributed by atoms with E-state index in [0.29, 0.717) is 24.6 Å². The molecule has 4 rings (SSSR count). The minimum absolute atomic E-state index is 0.0125. The summed E-state index contributed by atoms with van der Waals surface area (Å²) >= 11 is 0. The Hall–Kier alpha value is -3.23. The van der Waals surface area contributed by atoms with Gasteiger partial charge in [0.15, 0.2) is 5.82 Å². The molecule has 7 nitrogen and oxygen atoms in total. The lowest BCUT2D eigenvalue weighted by Gasteiger charge is -2.31. The SMILES string of the molecule is O=C(c1cc(F)cc(F)c1)N1CCC[C@H](c2noc(-c3cnccn3)n2)C1. The highest BCUT2D eigenvalue weighted by molar-refractivity contribution is 5.94. The van der Waals surface area contributed by atoms with Crippen molar-refractivity contribution < 1.29 is 18.1 Å². The van der Waals surface area contributed by atoms with E-state index in [9.17, 15) is 13.6 Å². The van der Waals surface area contributed by atoms with E-state index in [1.165, 1.54) is 12.4 Å². The van der Waals surface area contributed by atoms with Crippen LogP contribution < -0.4 is 0 Å². The molecule has 1 aromatic carbocycles. The molecule has 0 aliphatic carbocycles. The minimum Gasteiger partial charge on any atom is -0.338 e. The van der Waals surface area contributed by atoms with E-state index in [1.807, 2.05) is 0 Å². The number of rotatable bonds is 3. The lowest BCUT2D eigenvalue weighted by Crippen LogP contribution is -2.39. The van der Waals surface area contributed by atoms with Gasteiger partial charge < -0.3 is 9.42 Å². The molecule has 0 bridgehead atoms. The highest BCUT2D eigenvalue weighted by atomic mass is 19.1. The molecule has 3 heterocycles. The Kier molecular flexibility index (Phi) is 4.57. The highest BCUT2D eigenvalue weighted by Crippen LogP contribution is 2.27. The number of carbonyl (C=O) groups excluding carboxylic acids is 1. The van der Waals surface area contributed by atoms with Gasteiger partial charge in [0.25, 0.3) is 11.8 Å². The molecule has 3 aromatic rings. The summed E-state index contributed by atoms with van der Waals surface area (Å²) in [6.45, 7) is 0.846. The lowest BCUT2D eigenvalue weighted by atomic mass is 9.96. The molecule has 138 valence electrons. The Morgan fingerprint density at radius 3 is 2.74 bits per heavy atom. The largest absolute Gasteiger partial charge is 0.338 e. The third-order valence-electron chi connectivity index (χ3n) is 4.41. The summed E-state index contributed by atoms with van der Waals surface area (Å²) in [7, 11) is 0.